The largest absolute Gasteiger partial charge is 0.497 e. The van der Waals surface area contributed by atoms with E-state index in [9.17, 15) is 9.59 Å². The third-order valence-corrected chi connectivity index (χ3v) is 14.6. The quantitative estimate of drug-likeness (QED) is 0.105. The van der Waals surface area contributed by atoms with Gasteiger partial charge in [-0.15, -0.1) is 10.2 Å². The van der Waals surface area contributed by atoms with E-state index in [0.717, 1.165) is 5.56 Å². The zero-order chi connectivity index (χ0) is 48.9. The molecule has 2 unspecified atom stereocenters. The number of ether oxygens (including phenoxy) is 5. The first-order valence-electron chi connectivity index (χ1n) is 21.0. The molecule has 2 heterocycles. The van der Waals surface area contributed by atoms with E-state index in [2.05, 4.69) is 25.4 Å². The van der Waals surface area contributed by atoms with E-state index >= 15 is 16.8 Å². The number of likely N-dealkylation sites (tertiary alicyclic amines) is 1. The molecule has 0 aliphatic carbocycles. The van der Waals surface area contributed by atoms with E-state index in [0.29, 0.717) is 31.9 Å². The molecular weight excluding hydrogens is 1020 g/mol. The second kappa shape index (κ2) is 20.8. The smallest absolute Gasteiger partial charge is 0.410 e. The maximum Gasteiger partial charge on any atom is 0.410 e. The van der Waals surface area contributed by atoms with Crippen LogP contribution in [-0.2, 0) is 49.2 Å². The lowest BCUT2D eigenvalue weighted by Crippen LogP contribution is -2.52. The van der Waals surface area contributed by atoms with Crippen LogP contribution in [0.2, 0.25) is 0 Å². The number of alkyl carbamates (subject to hydrolysis) is 1. The van der Waals surface area contributed by atoms with Gasteiger partial charge in [0, 0.05) is 29.7 Å². The Morgan fingerprint density at radius 1 is 0.716 bits per heavy atom. The van der Waals surface area contributed by atoms with Crippen molar-refractivity contribution in [1.29, 1.82) is 0 Å². The molecule has 1 fully saturated rings. The zero-order valence-electron chi connectivity index (χ0n) is 38.6. The Morgan fingerprint density at radius 2 is 1.21 bits per heavy atom. The van der Waals surface area contributed by atoms with Crippen LogP contribution < -0.4 is 24.2 Å². The van der Waals surface area contributed by atoms with E-state index in [1.807, 2.05) is 34.7 Å². The molecule has 1 aromatic heterocycles. The van der Waals surface area contributed by atoms with E-state index in [-0.39, 0.29) is 44.1 Å². The van der Waals surface area contributed by atoms with Gasteiger partial charge in [0.25, 0.3) is 0 Å². The van der Waals surface area contributed by atoms with E-state index in [1.165, 1.54) is 40.4 Å². The van der Waals surface area contributed by atoms with E-state index in [4.69, 9.17) is 23.7 Å². The normalized spacial score (nSPS) is 15.6. The van der Waals surface area contributed by atoms with E-state index in [1.54, 1.807) is 109 Å². The van der Waals surface area contributed by atoms with Crippen LogP contribution in [0.3, 0.4) is 0 Å². The summed E-state index contributed by atoms with van der Waals surface area (Å²) >= 11 is 1.92. The molecule has 6 rings (SSSR count). The second-order valence-corrected chi connectivity index (χ2v) is 22.3. The van der Waals surface area contributed by atoms with Crippen molar-refractivity contribution >= 4 is 54.8 Å². The SMILES string of the molecule is COc1ccc(CN(Cc2ccc(OC)cc2)S(=O)(=O)c2c(S(=O)(=O)NC3CN(C(=O)OC(C)(C)C)CC3NC(=O)OC(C)(C)C)ccc(I)c2-c2nnn(Cc3ccc(OC)cc3)n2)cc1. The Bertz CT molecular complexity index is 2710. The number of methoxy groups -OCH3 is 3. The summed E-state index contributed by atoms with van der Waals surface area (Å²) in [6, 6.07) is 21.2. The fourth-order valence-corrected chi connectivity index (χ4v) is 11.6. The van der Waals surface area contributed by atoms with Crippen molar-refractivity contribution in [3.8, 4) is 28.6 Å². The summed E-state index contributed by atoms with van der Waals surface area (Å²) in [5, 5.41) is 15.8. The van der Waals surface area contributed by atoms with Crippen molar-refractivity contribution in [1.82, 2.24) is 39.5 Å². The number of benzene rings is 4. The lowest BCUT2D eigenvalue weighted by molar-refractivity contribution is 0.0281. The zero-order valence-corrected chi connectivity index (χ0v) is 42.4. The molecule has 0 bridgehead atoms. The Kier molecular flexibility index (Phi) is 15.7. The number of nitrogens with one attached hydrogen (secondary N) is 2. The molecule has 1 aliphatic rings. The van der Waals surface area contributed by atoms with Crippen LogP contribution in [0.15, 0.2) is 94.7 Å². The first kappa shape index (κ1) is 50.8. The summed E-state index contributed by atoms with van der Waals surface area (Å²) in [7, 11) is -5.20. The van der Waals surface area contributed by atoms with Crippen molar-refractivity contribution in [3.05, 3.63) is 105 Å². The molecule has 19 nitrogen and oxygen atoms in total. The number of rotatable bonds is 16. The molecule has 2 N–H and O–H groups in total. The molecule has 22 heteroatoms. The van der Waals surface area contributed by atoms with Gasteiger partial charge in [-0.3, -0.25) is 0 Å². The van der Waals surface area contributed by atoms with Gasteiger partial charge in [-0.2, -0.15) is 9.10 Å². The van der Waals surface area contributed by atoms with Crippen LogP contribution >= 0.6 is 22.6 Å². The average Bonchev–Trinajstić information content (AvgIpc) is 3.88. The monoisotopic (exact) mass is 1070 g/mol. The summed E-state index contributed by atoms with van der Waals surface area (Å²) in [6.45, 7) is 9.38. The summed E-state index contributed by atoms with van der Waals surface area (Å²) in [5.74, 6) is 1.58. The van der Waals surface area contributed by atoms with Crippen molar-refractivity contribution in [2.75, 3.05) is 34.4 Å². The number of carbonyl (C=O) groups is 2. The van der Waals surface area contributed by atoms with Gasteiger partial charge in [0.15, 0.2) is 0 Å². The number of amides is 2. The number of sulfonamides is 2. The van der Waals surface area contributed by atoms with Crippen LogP contribution in [0, 0.1) is 3.57 Å². The standard InChI is InChI=1S/C45H55IN8O11S2/c1-44(2,3)64-42(55)47-36-27-52(43(56)65-45(4,5)6)28-37(36)50-66(57,58)38-23-22-35(46)39(41-48-51-54(49-41)26-31-14-20-34(63-9)21-15-31)40(38)67(59,60)53(24-29-10-16-32(61-7)17-11-29)25-30-12-18-33(62-8)19-13-30/h10-23,36-37,50H,24-28H2,1-9H3,(H,47,55). The number of aromatic nitrogens is 4. The number of nitrogens with zero attached hydrogens (tertiary/aromatic N) is 6. The molecule has 1 saturated heterocycles. The molecule has 0 radical (unpaired) electrons. The first-order valence-corrected chi connectivity index (χ1v) is 25.0. The van der Waals surface area contributed by atoms with Crippen molar-refractivity contribution in [2.24, 2.45) is 0 Å². The number of halogens is 1. The highest BCUT2D eigenvalue weighted by atomic mass is 127. The van der Waals surface area contributed by atoms with Crippen molar-refractivity contribution in [3.63, 3.8) is 0 Å². The molecule has 0 spiro atoms. The Morgan fingerprint density at radius 3 is 1.70 bits per heavy atom. The van der Waals surface area contributed by atoms with Crippen LogP contribution in [0.4, 0.5) is 9.59 Å². The highest BCUT2D eigenvalue weighted by Gasteiger charge is 2.43. The lowest BCUT2D eigenvalue weighted by atomic mass is 10.2. The highest BCUT2D eigenvalue weighted by Crippen LogP contribution is 2.38. The van der Waals surface area contributed by atoms with Crippen LogP contribution in [-0.4, -0.2) is 116 Å². The third-order valence-electron chi connectivity index (χ3n) is 10.1. The minimum Gasteiger partial charge on any atom is -0.497 e. The summed E-state index contributed by atoms with van der Waals surface area (Å²) in [5.41, 5.74) is 0.00387. The molecular formula is C45H55IN8O11S2. The fraction of sp³-hybridized carbons (Fsp3) is 0.400. The second-order valence-electron chi connectivity index (χ2n) is 17.6. The maximum atomic E-state index is 15.8. The number of hydrogen-bond acceptors (Lipinski definition) is 14. The van der Waals surface area contributed by atoms with Gasteiger partial charge in [-0.25, -0.2) is 31.1 Å². The summed E-state index contributed by atoms with van der Waals surface area (Å²) in [6.07, 6.45) is -1.61. The minimum absolute atomic E-state index is 0.121. The van der Waals surface area contributed by atoms with Gasteiger partial charge < -0.3 is 33.9 Å². The van der Waals surface area contributed by atoms with Gasteiger partial charge >= 0.3 is 12.2 Å². The molecule has 4 aromatic carbocycles. The van der Waals surface area contributed by atoms with Crippen LogP contribution in [0.5, 0.6) is 17.2 Å². The molecule has 360 valence electrons. The number of tetrazole rings is 1. The van der Waals surface area contributed by atoms with Crippen LogP contribution in [0.25, 0.3) is 11.4 Å². The maximum absolute atomic E-state index is 15.8. The number of hydrogen-bond donors (Lipinski definition) is 2. The summed E-state index contributed by atoms with van der Waals surface area (Å²) in [4.78, 5) is 27.8. The van der Waals surface area contributed by atoms with Crippen LogP contribution in [0.1, 0.15) is 58.2 Å². The number of carbonyl (C=O) groups excluding carboxylic acids is 2. The Labute approximate surface area is 404 Å². The van der Waals surface area contributed by atoms with Gasteiger partial charge in [-0.05, 0) is 135 Å². The predicted molar refractivity (Wildman–Crippen MR) is 256 cm³/mol. The predicted octanol–water partition coefficient (Wildman–Crippen LogP) is 6.20. The first-order chi connectivity index (χ1) is 31.5. The Hall–Kier alpha value is -5.56. The van der Waals surface area contributed by atoms with Gasteiger partial charge in [0.05, 0.1) is 45.5 Å². The van der Waals surface area contributed by atoms with Crippen molar-refractivity contribution in [2.45, 2.75) is 94.3 Å². The highest BCUT2D eigenvalue weighted by molar-refractivity contribution is 14.1. The van der Waals surface area contributed by atoms with Gasteiger partial charge in [0.2, 0.25) is 25.9 Å². The molecule has 2 atom stereocenters. The molecule has 2 amide bonds. The van der Waals surface area contributed by atoms with E-state index < -0.39 is 65.3 Å². The van der Waals surface area contributed by atoms with Crippen molar-refractivity contribution < 1.29 is 50.1 Å². The fourth-order valence-electron chi connectivity index (χ4n) is 7.01. The lowest BCUT2D eigenvalue weighted by Gasteiger charge is -2.27. The summed E-state index contributed by atoms with van der Waals surface area (Å²) < 4.78 is 92.9. The topological polar surface area (TPSA) is 223 Å². The molecule has 1 aliphatic heterocycles. The molecule has 67 heavy (non-hydrogen) atoms. The Balaban J connectivity index is 1.50. The minimum atomic E-state index is -4.90. The third kappa shape index (κ3) is 13.1. The molecule has 0 saturated carbocycles. The van der Waals surface area contributed by atoms with Gasteiger partial charge in [-0.1, -0.05) is 36.4 Å². The van der Waals surface area contributed by atoms with Gasteiger partial charge in [0.1, 0.15) is 38.2 Å². The average molecular weight is 1080 g/mol. The molecule has 5 aromatic rings.